The van der Waals surface area contributed by atoms with E-state index in [0.29, 0.717) is 18.8 Å². The highest BCUT2D eigenvalue weighted by Crippen LogP contribution is 2.21. The summed E-state index contributed by atoms with van der Waals surface area (Å²) in [5, 5.41) is 0. The van der Waals surface area contributed by atoms with Gasteiger partial charge in [0, 0.05) is 39.1 Å². The van der Waals surface area contributed by atoms with E-state index in [9.17, 15) is 9.59 Å². The molecule has 1 unspecified atom stereocenters. The number of carbonyl (C=O) groups excluding carboxylic acids is 2. The van der Waals surface area contributed by atoms with Crippen LogP contribution in [-0.2, 0) is 14.3 Å². The molecule has 1 aliphatic carbocycles. The lowest BCUT2D eigenvalue weighted by molar-refractivity contribution is -0.141. The second kappa shape index (κ2) is 7.43. The van der Waals surface area contributed by atoms with Crippen molar-refractivity contribution in [2.24, 2.45) is 5.92 Å². The van der Waals surface area contributed by atoms with Crippen LogP contribution in [-0.4, -0.2) is 61.5 Å². The average molecular weight is 280 g/mol. The molecule has 0 bridgehead atoms. The Bertz CT molecular complexity index is 373. The van der Waals surface area contributed by atoms with Crippen LogP contribution in [0.2, 0.25) is 0 Å². The Morgan fingerprint density at radius 1 is 1.25 bits per heavy atom. The minimum absolute atomic E-state index is 0.170. The number of esters is 1. The van der Waals surface area contributed by atoms with Crippen LogP contribution in [0.25, 0.3) is 0 Å². The standard InChI is InChI=1S/C15H24N2O3/c1-20-15(19)6-7-16-8-10-17(11-9-16)14(18)12-13-4-2-3-5-13/h2,4,13H,3,5-12H2,1H3. The fourth-order valence-electron chi connectivity index (χ4n) is 2.79. The second-order valence-electron chi connectivity index (χ2n) is 5.52. The quantitative estimate of drug-likeness (QED) is 0.558. The van der Waals surface area contributed by atoms with E-state index in [-0.39, 0.29) is 11.9 Å². The van der Waals surface area contributed by atoms with Crippen LogP contribution in [0.5, 0.6) is 0 Å². The molecule has 1 heterocycles. The van der Waals surface area contributed by atoms with Crippen molar-refractivity contribution in [2.75, 3.05) is 39.8 Å². The van der Waals surface area contributed by atoms with E-state index in [4.69, 9.17) is 0 Å². The molecule has 5 nitrogen and oxygen atoms in total. The third kappa shape index (κ3) is 4.34. The van der Waals surface area contributed by atoms with Crippen molar-refractivity contribution in [3.63, 3.8) is 0 Å². The lowest BCUT2D eigenvalue weighted by Gasteiger charge is -2.35. The fraction of sp³-hybridized carbons (Fsp3) is 0.733. The largest absolute Gasteiger partial charge is 0.469 e. The Labute approximate surface area is 120 Å². The molecule has 112 valence electrons. The topological polar surface area (TPSA) is 49.9 Å². The van der Waals surface area contributed by atoms with Gasteiger partial charge in [0.05, 0.1) is 13.5 Å². The summed E-state index contributed by atoms with van der Waals surface area (Å²) in [5.74, 6) is 0.547. The molecule has 5 heteroatoms. The van der Waals surface area contributed by atoms with Crippen molar-refractivity contribution < 1.29 is 14.3 Å². The first kappa shape index (κ1) is 15.0. The monoisotopic (exact) mass is 280 g/mol. The summed E-state index contributed by atoms with van der Waals surface area (Å²) in [6, 6.07) is 0. The Morgan fingerprint density at radius 2 is 2.00 bits per heavy atom. The average Bonchev–Trinajstić information content (AvgIpc) is 2.98. The van der Waals surface area contributed by atoms with Crippen LogP contribution in [0.3, 0.4) is 0 Å². The number of nitrogens with zero attached hydrogens (tertiary/aromatic N) is 2. The zero-order valence-corrected chi connectivity index (χ0v) is 12.2. The van der Waals surface area contributed by atoms with Gasteiger partial charge in [-0.1, -0.05) is 12.2 Å². The molecule has 2 aliphatic rings. The van der Waals surface area contributed by atoms with E-state index in [0.717, 1.165) is 45.6 Å². The molecule has 1 saturated heterocycles. The number of piperazine rings is 1. The molecule has 20 heavy (non-hydrogen) atoms. The molecule has 0 radical (unpaired) electrons. The molecule has 1 fully saturated rings. The lowest BCUT2D eigenvalue weighted by Crippen LogP contribution is -2.49. The minimum atomic E-state index is -0.170. The van der Waals surface area contributed by atoms with Crippen LogP contribution in [0.15, 0.2) is 12.2 Å². The van der Waals surface area contributed by atoms with E-state index >= 15 is 0 Å². The first-order chi connectivity index (χ1) is 9.69. The molecule has 0 spiro atoms. The van der Waals surface area contributed by atoms with Gasteiger partial charge in [0.15, 0.2) is 0 Å². The smallest absolute Gasteiger partial charge is 0.306 e. The molecule has 0 saturated carbocycles. The summed E-state index contributed by atoms with van der Waals surface area (Å²) >= 11 is 0. The Hall–Kier alpha value is -1.36. The Kier molecular flexibility index (Phi) is 5.59. The van der Waals surface area contributed by atoms with E-state index in [1.807, 2.05) is 4.90 Å². The lowest BCUT2D eigenvalue weighted by atomic mass is 10.0. The zero-order valence-electron chi connectivity index (χ0n) is 12.2. The van der Waals surface area contributed by atoms with Gasteiger partial charge in [-0.2, -0.15) is 0 Å². The van der Waals surface area contributed by atoms with Crippen molar-refractivity contribution in [3.8, 4) is 0 Å². The van der Waals surface area contributed by atoms with Crippen LogP contribution < -0.4 is 0 Å². The molecule has 1 aliphatic heterocycles. The molecule has 2 rings (SSSR count). The van der Waals surface area contributed by atoms with E-state index in [1.54, 1.807) is 0 Å². The number of hydrogen-bond acceptors (Lipinski definition) is 4. The molecule has 0 N–H and O–H groups in total. The zero-order chi connectivity index (χ0) is 14.4. The first-order valence-electron chi connectivity index (χ1n) is 7.42. The van der Waals surface area contributed by atoms with E-state index in [1.165, 1.54) is 7.11 Å². The maximum Gasteiger partial charge on any atom is 0.306 e. The SMILES string of the molecule is COC(=O)CCN1CCN(C(=O)CC2C=CCC2)CC1. The fourth-order valence-corrected chi connectivity index (χ4v) is 2.79. The second-order valence-corrected chi connectivity index (χ2v) is 5.52. The number of rotatable bonds is 5. The third-order valence-corrected chi connectivity index (χ3v) is 4.13. The number of methoxy groups -OCH3 is 1. The highest BCUT2D eigenvalue weighted by Gasteiger charge is 2.23. The molecule has 0 aromatic carbocycles. The molecule has 1 atom stereocenters. The summed E-state index contributed by atoms with van der Waals surface area (Å²) < 4.78 is 4.64. The van der Waals surface area contributed by atoms with Crippen molar-refractivity contribution in [1.29, 1.82) is 0 Å². The van der Waals surface area contributed by atoms with Gasteiger partial charge in [0.25, 0.3) is 0 Å². The Morgan fingerprint density at radius 3 is 2.60 bits per heavy atom. The normalized spacial score (nSPS) is 23.1. The van der Waals surface area contributed by atoms with Gasteiger partial charge >= 0.3 is 5.97 Å². The van der Waals surface area contributed by atoms with Gasteiger partial charge in [0.2, 0.25) is 5.91 Å². The van der Waals surface area contributed by atoms with Crippen molar-refractivity contribution in [3.05, 3.63) is 12.2 Å². The van der Waals surface area contributed by atoms with Crippen LogP contribution in [0.1, 0.15) is 25.7 Å². The van der Waals surface area contributed by atoms with Gasteiger partial charge in [-0.15, -0.1) is 0 Å². The summed E-state index contributed by atoms with van der Waals surface area (Å²) in [7, 11) is 1.41. The predicted molar refractivity (Wildman–Crippen MR) is 76.1 cm³/mol. The van der Waals surface area contributed by atoms with Gasteiger partial charge in [0.1, 0.15) is 0 Å². The maximum absolute atomic E-state index is 12.2. The predicted octanol–water partition coefficient (Wildman–Crippen LogP) is 1.05. The van der Waals surface area contributed by atoms with Crippen molar-refractivity contribution in [2.45, 2.75) is 25.7 Å². The van der Waals surface area contributed by atoms with Crippen molar-refractivity contribution in [1.82, 2.24) is 9.80 Å². The summed E-state index contributed by atoms with van der Waals surface area (Å²) in [6.45, 7) is 3.97. The van der Waals surface area contributed by atoms with Gasteiger partial charge in [-0.05, 0) is 18.8 Å². The number of ether oxygens (including phenoxy) is 1. The van der Waals surface area contributed by atoms with Gasteiger partial charge < -0.3 is 9.64 Å². The van der Waals surface area contributed by atoms with E-state index in [2.05, 4.69) is 21.8 Å². The molecule has 1 amide bonds. The highest BCUT2D eigenvalue weighted by atomic mass is 16.5. The van der Waals surface area contributed by atoms with Gasteiger partial charge in [-0.25, -0.2) is 0 Å². The van der Waals surface area contributed by atoms with Gasteiger partial charge in [-0.3, -0.25) is 14.5 Å². The molecule has 0 aromatic rings. The Balaban J connectivity index is 1.66. The summed E-state index contributed by atoms with van der Waals surface area (Å²) in [4.78, 5) is 27.5. The van der Waals surface area contributed by atoms with Crippen LogP contribution in [0.4, 0.5) is 0 Å². The highest BCUT2D eigenvalue weighted by molar-refractivity contribution is 5.76. The minimum Gasteiger partial charge on any atom is -0.469 e. The van der Waals surface area contributed by atoms with Crippen LogP contribution in [0, 0.1) is 5.92 Å². The number of amides is 1. The third-order valence-electron chi connectivity index (χ3n) is 4.13. The molecular formula is C15H24N2O3. The van der Waals surface area contributed by atoms with E-state index < -0.39 is 0 Å². The first-order valence-corrected chi connectivity index (χ1v) is 7.42. The summed E-state index contributed by atoms with van der Waals surface area (Å²) in [5.41, 5.74) is 0. The summed E-state index contributed by atoms with van der Waals surface area (Å²) in [6.07, 6.45) is 7.65. The maximum atomic E-state index is 12.2. The number of hydrogen-bond donors (Lipinski definition) is 0. The molecule has 0 aromatic heterocycles. The molecular weight excluding hydrogens is 256 g/mol. The number of carbonyl (C=O) groups is 2. The number of allylic oxidation sites excluding steroid dienone is 2. The van der Waals surface area contributed by atoms with Crippen LogP contribution >= 0.6 is 0 Å². The van der Waals surface area contributed by atoms with Crippen molar-refractivity contribution >= 4 is 11.9 Å².